The van der Waals surface area contributed by atoms with Gasteiger partial charge >= 0.3 is 0 Å². The zero-order valence-electron chi connectivity index (χ0n) is 10.0. The quantitative estimate of drug-likeness (QED) is 0.648. The van der Waals surface area contributed by atoms with Crippen LogP contribution in [0, 0.1) is 5.41 Å². The second-order valence-corrected chi connectivity index (χ2v) is 5.91. The number of Topliss-reactive ketones (excluding diaryl/α,β-unsaturated/α-hetero) is 1. The SMILES string of the molecule is CC12CCCC(C)(C1=O)c1ccccc1C2. The molecule has 0 spiro atoms. The summed E-state index contributed by atoms with van der Waals surface area (Å²) in [6.07, 6.45) is 4.22. The lowest BCUT2D eigenvalue weighted by atomic mass is 9.53. The Bertz CT molecular complexity index is 462. The van der Waals surface area contributed by atoms with Crippen LogP contribution in [0.15, 0.2) is 24.3 Å². The lowest BCUT2D eigenvalue weighted by Gasteiger charge is -2.48. The van der Waals surface area contributed by atoms with Crippen LogP contribution in [0.4, 0.5) is 0 Å². The Labute approximate surface area is 96.9 Å². The monoisotopic (exact) mass is 214 g/mol. The number of carbonyl (C=O) groups is 1. The number of hydrogen-bond acceptors (Lipinski definition) is 1. The molecule has 2 unspecified atom stereocenters. The Morgan fingerprint density at radius 2 is 1.88 bits per heavy atom. The first-order valence-corrected chi connectivity index (χ1v) is 6.20. The molecular weight excluding hydrogens is 196 g/mol. The molecule has 0 radical (unpaired) electrons. The van der Waals surface area contributed by atoms with Crippen molar-refractivity contribution in [1.29, 1.82) is 0 Å². The molecule has 0 aromatic heterocycles. The summed E-state index contributed by atoms with van der Waals surface area (Å²) in [4.78, 5) is 12.6. The van der Waals surface area contributed by atoms with E-state index in [2.05, 4.69) is 38.1 Å². The number of benzene rings is 1. The Balaban J connectivity index is 2.25. The van der Waals surface area contributed by atoms with Gasteiger partial charge in [-0.05, 0) is 37.3 Å². The van der Waals surface area contributed by atoms with Crippen molar-refractivity contribution in [2.24, 2.45) is 5.41 Å². The third-order valence-corrected chi connectivity index (χ3v) is 4.65. The fourth-order valence-corrected chi connectivity index (χ4v) is 3.78. The van der Waals surface area contributed by atoms with Crippen molar-refractivity contribution < 1.29 is 4.79 Å². The topological polar surface area (TPSA) is 17.1 Å². The van der Waals surface area contributed by atoms with Crippen molar-refractivity contribution in [1.82, 2.24) is 0 Å². The number of rotatable bonds is 0. The van der Waals surface area contributed by atoms with Crippen LogP contribution >= 0.6 is 0 Å². The minimum atomic E-state index is -0.207. The number of hydrogen-bond donors (Lipinski definition) is 0. The standard InChI is InChI=1S/C15H18O/c1-14-8-5-9-15(2,13(14)16)12-7-4-3-6-11(12)10-14/h3-4,6-7H,5,8-10H2,1-2H3. The molecule has 0 heterocycles. The minimum Gasteiger partial charge on any atom is -0.298 e. The predicted molar refractivity (Wildman–Crippen MR) is 64.5 cm³/mol. The smallest absolute Gasteiger partial charge is 0.149 e. The third-order valence-electron chi connectivity index (χ3n) is 4.65. The summed E-state index contributed by atoms with van der Waals surface area (Å²) in [6.45, 7) is 4.30. The molecule has 2 aliphatic rings. The zero-order chi connectivity index (χ0) is 11.4. The van der Waals surface area contributed by atoms with Crippen LogP contribution in [-0.2, 0) is 16.6 Å². The largest absolute Gasteiger partial charge is 0.298 e. The summed E-state index contributed by atoms with van der Waals surface area (Å²) < 4.78 is 0. The number of fused-ring (bicyclic) bond motifs is 4. The minimum absolute atomic E-state index is 0.0959. The van der Waals surface area contributed by atoms with Crippen LogP contribution in [0.5, 0.6) is 0 Å². The highest BCUT2D eigenvalue weighted by Gasteiger charge is 2.52. The summed E-state index contributed by atoms with van der Waals surface area (Å²) in [5.41, 5.74) is 2.38. The maximum Gasteiger partial charge on any atom is 0.149 e. The van der Waals surface area contributed by atoms with E-state index in [9.17, 15) is 4.79 Å². The summed E-state index contributed by atoms with van der Waals surface area (Å²) in [6, 6.07) is 8.51. The molecule has 0 aliphatic heterocycles. The molecule has 1 aromatic carbocycles. The van der Waals surface area contributed by atoms with Crippen molar-refractivity contribution in [2.75, 3.05) is 0 Å². The molecule has 3 rings (SSSR count). The molecular formula is C15H18O. The van der Waals surface area contributed by atoms with Gasteiger partial charge in [0.25, 0.3) is 0 Å². The Hall–Kier alpha value is -1.11. The van der Waals surface area contributed by atoms with Gasteiger partial charge in [-0.25, -0.2) is 0 Å². The van der Waals surface area contributed by atoms with Gasteiger partial charge in [0.05, 0.1) is 5.41 Å². The molecule has 1 heteroatoms. The van der Waals surface area contributed by atoms with Crippen LogP contribution in [0.2, 0.25) is 0 Å². The average molecular weight is 214 g/mol. The first-order chi connectivity index (χ1) is 7.56. The molecule has 0 N–H and O–H groups in total. The summed E-state index contributed by atoms with van der Waals surface area (Å²) in [7, 11) is 0. The van der Waals surface area contributed by atoms with Crippen molar-refractivity contribution in [2.45, 2.75) is 44.9 Å². The van der Waals surface area contributed by atoms with Crippen LogP contribution < -0.4 is 0 Å². The van der Waals surface area contributed by atoms with E-state index >= 15 is 0 Å². The third kappa shape index (κ3) is 1.09. The first kappa shape index (κ1) is 10.1. The van der Waals surface area contributed by atoms with E-state index in [1.807, 2.05) is 0 Å². The van der Waals surface area contributed by atoms with Gasteiger partial charge in [0.1, 0.15) is 5.78 Å². The average Bonchev–Trinajstić information content (AvgIpc) is 2.25. The summed E-state index contributed by atoms with van der Waals surface area (Å²) in [5.74, 6) is 0.477. The molecule has 1 saturated carbocycles. The van der Waals surface area contributed by atoms with Gasteiger partial charge in [-0.2, -0.15) is 0 Å². The molecule has 2 atom stereocenters. The molecule has 16 heavy (non-hydrogen) atoms. The molecule has 1 nitrogen and oxygen atoms in total. The van der Waals surface area contributed by atoms with Gasteiger partial charge in [0.2, 0.25) is 0 Å². The highest BCUT2D eigenvalue weighted by molar-refractivity contribution is 5.97. The van der Waals surface area contributed by atoms with Gasteiger partial charge in [0, 0.05) is 5.41 Å². The normalized spacial score (nSPS) is 37.0. The van der Waals surface area contributed by atoms with E-state index in [0.717, 1.165) is 19.3 Å². The van der Waals surface area contributed by atoms with E-state index in [4.69, 9.17) is 0 Å². The van der Waals surface area contributed by atoms with Crippen LogP contribution in [-0.4, -0.2) is 5.78 Å². The van der Waals surface area contributed by atoms with Crippen LogP contribution in [0.25, 0.3) is 0 Å². The van der Waals surface area contributed by atoms with E-state index in [1.54, 1.807) is 0 Å². The molecule has 1 fully saturated rings. The van der Waals surface area contributed by atoms with Gasteiger partial charge in [-0.15, -0.1) is 0 Å². The Morgan fingerprint density at radius 3 is 2.69 bits per heavy atom. The van der Waals surface area contributed by atoms with E-state index < -0.39 is 0 Å². The highest BCUT2D eigenvalue weighted by atomic mass is 16.1. The van der Waals surface area contributed by atoms with Crippen LogP contribution in [0.3, 0.4) is 0 Å². The number of carbonyl (C=O) groups excluding carboxylic acids is 1. The molecule has 2 aliphatic carbocycles. The van der Waals surface area contributed by atoms with Gasteiger partial charge in [-0.1, -0.05) is 37.6 Å². The molecule has 0 saturated heterocycles. The lowest BCUT2D eigenvalue weighted by Crippen LogP contribution is -2.52. The molecule has 2 bridgehead atoms. The summed E-state index contributed by atoms with van der Waals surface area (Å²) >= 11 is 0. The first-order valence-electron chi connectivity index (χ1n) is 6.20. The van der Waals surface area contributed by atoms with E-state index in [1.165, 1.54) is 17.5 Å². The van der Waals surface area contributed by atoms with Gasteiger partial charge < -0.3 is 0 Å². The number of ketones is 1. The van der Waals surface area contributed by atoms with Crippen LogP contribution in [0.1, 0.15) is 44.2 Å². The maximum atomic E-state index is 12.6. The van der Waals surface area contributed by atoms with Crippen molar-refractivity contribution in [3.05, 3.63) is 35.4 Å². The van der Waals surface area contributed by atoms with Crippen molar-refractivity contribution in [3.8, 4) is 0 Å². The fraction of sp³-hybridized carbons (Fsp3) is 0.533. The second kappa shape index (κ2) is 2.97. The zero-order valence-corrected chi connectivity index (χ0v) is 10.0. The van der Waals surface area contributed by atoms with E-state index in [-0.39, 0.29) is 10.8 Å². The molecule has 1 aromatic rings. The van der Waals surface area contributed by atoms with Crippen molar-refractivity contribution >= 4 is 5.78 Å². The highest BCUT2D eigenvalue weighted by Crippen LogP contribution is 2.51. The fourth-order valence-electron chi connectivity index (χ4n) is 3.78. The van der Waals surface area contributed by atoms with E-state index in [0.29, 0.717) is 5.78 Å². The Kier molecular flexibility index (Phi) is 1.87. The lowest BCUT2D eigenvalue weighted by molar-refractivity contribution is -0.138. The Morgan fingerprint density at radius 1 is 1.12 bits per heavy atom. The summed E-state index contributed by atoms with van der Waals surface area (Å²) in [5, 5.41) is 0. The predicted octanol–water partition coefficient (Wildman–Crippen LogP) is 3.26. The molecule has 84 valence electrons. The molecule has 0 amide bonds. The van der Waals surface area contributed by atoms with Gasteiger partial charge in [0.15, 0.2) is 0 Å². The second-order valence-electron chi connectivity index (χ2n) is 5.91. The van der Waals surface area contributed by atoms with Crippen molar-refractivity contribution in [3.63, 3.8) is 0 Å². The van der Waals surface area contributed by atoms with Gasteiger partial charge in [-0.3, -0.25) is 4.79 Å². The maximum absolute atomic E-state index is 12.6.